The highest BCUT2D eigenvalue weighted by molar-refractivity contribution is 5.34. The van der Waals surface area contributed by atoms with Gasteiger partial charge in [-0.2, -0.15) is 0 Å². The predicted molar refractivity (Wildman–Crippen MR) is 61.9 cm³/mol. The van der Waals surface area contributed by atoms with Crippen LogP contribution in [0, 0.1) is 0 Å². The summed E-state index contributed by atoms with van der Waals surface area (Å²) in [5, 5.41) is 0. The topological polar surface area (TPSA) is 35.2 Å². The first-order chi connectivity index (χ1) is 6.74. The van der Waals surface area contributed by atoms with Gasteiger partial charge in [0.05, 0.1) is 0 Å². The van der Waals surface area contributed by atoms with E-state index in [1.807, 2.05) is 44.2 Å². The lowest BCUT2D eigenvalue weighted by molar-refractivity contribution is 0.235. The number of hydrogen-bond acceptors (Lipinski definition) is 2. The largest absolute Gasteiger partial charge is 0.493 e. The molecule has 0 saturated heterocycles. The lowest BCUT2D eigenvalue weighted by Gasteiger charge is -2.03. The van der Waals surface area contributed by atoms with Crippen molar-refractivity contribution in [3.05, 3.63) is 48.3 Å². The van der Waals surface area contributed by atoms with Crippen molar-refractivity contribution in [3.63, 3.8) is 0 Å². The summed E-state index contributed by atoms with van der Waals surface area (Å²) in [6, 6.07) is 0. The summed E-state index contributed by atoms with van der Waals surface area (Å²) in [6.45, 7) is 8.74. The van der Waals surface area contributed by atoms with Crippen LogP contribution in [0.4, 0.5) is 0 Å². The van der Waals surface area contributed by atoms with Gasteiger partial charge in [0, 0.05) is 6.54 Å². The van der Waals surface area contributed by atoms with Crippen LogP contribution in [0.15, 0.2) is 48.3 Å². The third-order valence-electron chi connectivity index (χ3n) is 1.45. The molecule has 0 aromatic rings. The van der Waals surface area contributed by atoms with Crippen LogP contribution in [0.2, 0.25) is 0 Å². The Morgan fingerprint density at radius 2 is 1.86 bits per heavy atom. The Kier molecular flexibility index (Phi) is 7.56. The van der Waals surface area contributed by atoms with Crippen LogP contribution in [-0.4, -0.2) is 13.2 Å². The van der Waals surface area contributed by atoms with Gasteiger partial charge >= 0.3 is 0 Å². The van der Waals surface area contributed by atoms with Crippen LogP contribution in [0.1, 0.15) is 13.8 Å². The van der Waals surface area contributed by atoms with Gasteiger partial charge in [-0.25, -0.2) is 0 Å². The quantitative estimate of drug-likeness (QED) is 0.519. The molecule has 0 fully saturated rings. The molecule has 0 unspecified atom stereocenters. The number of hydrogen-bond donors (Lipinski definition) is 1. The van der Waals surface area contributed by atoms with Crippen LogP contribution >= 0.6 is 0 Å². The van der Waals surface area contributed by atoms with Gasteiger partial charge in [-0.05, 0) is 25.5 Å². The van der Waals surface area contributed by atoms with Gasteiger partial charge in [-0.3, -0.25) is 0 Å². The molecule has 0 heterocycles. The molecule has 2 heteroatoms. The Morgan fingerprint density at radius 3 is 2.29 bits per heavy atom. The Bertz CT molecular complexity index is 235. The number of rotatable bonds is 6. The Hall–Kier alpha value is -1.28. The van der Waals surface area contributed by atoms with Crippen molar-refractivity contribution < 1.29 is 4.74 Å². The molecule has 0 aliphatic carbocycles. The summed E-state index contributed by atoms with van der Waals surface area (Å²) in [4.78, 5) is 0. The van der Waals surface area contributed by atoms with E-state index < -0.39 is 0 Å². The van der Waals surface area contributed by atoms with E-state index in [0.717, 1.165) is 5.57 Å². The van der Waals surface area contributed by atoms with Crippen molar-refractivity contribution in [1.82, 2.24) is 0 Å². The second-order valence-corrected chi connectivity index (χ2v) is 2.75. The molecule has 0 aliphatic rings. The van der Waals surface area contributed by atoms with Crippen LogP contribution in [-0.2, 0) is 4.74 Å². The fourth-order valence-electron chi connectivity index (χ4n) is 0.954. The average molecular weight is 193 g/mol. The lowest BCUT2D eigenvalue weighted by atomic mass is 10.2. The van der Waals surface area contributed by atoms with Crippen molar-refractivity contribution in [1.29, 1.82) is 0 Å². The van der Waals surface area contributed by atoms with E-state index in [0.29, 0.717) is 18.9 Å². The molecule has 0 radical (unpaired) electrons. The minimum atomic E-state index is 0.508. The number of nitrogens with two attached hydrogens (primary N) is 1. The summed E-state index contributed by atoms with van der Waals surface area (Å²) >= 11 is 0. The van der Waals surface area contributed by atoms with Crippen LogP contribution < -0.4 is 5.73 Å². The maximum absolute atomic E-state index is 5.31. The first-order valence-electron chi connectivity index (χ1n) is 4.73. The summed E-state index contributed by atoms with van der Waals surface area (Å²) in [5.74, 6) is 0.640. The average Bonchev–Trinajstić information content (AvgIpc) is 2.15. The predicted octanol–water partition coefficient (Wildman–Crippen LogP) is 2.55. The van der Waals surface area contributed by atoms with Crippen LogP contribution in [0.25, 0.3) is 0 Å². The first kappa shape index (κ1) is 12.7. The smallest absolute Gasteiger partial charge is 0.112 e. The Balaban J connectivity index is 4.32. The fraction of sp³-hybridized carbons (Fsp3) is 0.333. The Labute approximate surface area is 86.4 Å². The summed E-state index contributed by atoms with van der Waals surface area (Å²) < 4.78 is 5.25. The molecule has 0 aliphatic heterocycles. The van der Waals surface area contributed by atoms with Crippen molar-refractivity contribution >= 4 is 0 Å². The zero-order chi connectivity index (χ0) is 10.8. The van der Waals surface area contributed by atoms with Crippen molar-refractivity contribution in [2.75, 3.05) is 13.2 Å². The molecule has 0 aromatic heterocycles. The highest BCUT2D eigenvalue weighted by Crippen LogP contribution is 2.05. The molecule has 0 bridgehead atoms. The molecule has 0 rings (SSSR count). The molecule has 0 atom stereocenters. The van der Waals surface area contributed by atoms with Crippen molar-refractivity contribution in [2.45, 2.75) is 13.8 Å². The van der Waals surface area contributed by atoms with Gasteiger partial charge in [0.25, 0.3) is 0 Å². The molecule has 0 aromatic carbocycles. The minimum absolute atomic E-state index is 0.508. The fourth-order valence-corrected chi connectivity index (χ4v) is 0.954. The van der Waals surface area contributed by atoms with E-state index in [2.05, 4.69) is 6.58 Å². The lowest BCUT2D eigenvalue weighted by Crippen LogP contribution is -2.07. The molecule has 0 spiro atoms. The normalized spacial score (nSPS) is 12.6. The molecular formula is C12H19NO. The second kappa shape index (κ2) is 8.32. The third-order valence-corrected chi connectivity index (χ3v) is 1.45. The molecule has 78 valence electrons. The number of allylic oxidation sites excluding steroid dienone is 6. The van der Waals surface area contributed by atoms with Crippen LogP contribution in [0.3, 0.4) is 0 Å². The Morgan fingerprint density at radius 1 is 1.29 bits per heavy atom. The maximum Gasteiger partial charge on any atom is 0.112 e. The van der Waals surface area contributed by atoms with Gasteiger partial charge in [-0.1, -0.05) is 30.9 Å². The first-order valence-corrected chi connectivity index (χ1v) is 4.73. The minimum Gasteiger partial charge on any atom is -0.493 e. The molecule has 2 nitrogen and oxygen atoms in total. The monoisotopic (exact) mass is 193 g/mol. The van der Waals surface area contributed by atoms with Crippen LogP contribution in [0.5, 0.6) is 0 Å². The standard InChI is InChI=1S/C12H19NO/c1-4-6-12(7-5-2)10-11(3)14-9-8-13/h4-7,10H,3,8-9,13H2,1-2H3/b6-4-,7-5+,12-10+. The summed E-state index contributed by atoms with van der Waals surface area (Å²) in [5.41, 5.74) is 6.38. The van der Waals surface area contributed by atoms with Gasteiger partial charge in [0.1, 0.15) is 12.4 Å². The van der Waals surface area contributed by atoms with E-state index in [1.54, 1.807) is 0 Å². The zero-order valence-corrected chi connectivity index (χ0v) is 8.99. The van der Waals surface area contributed by atoms with Crippen molar-refractivity contribution in [2.24, 2.45) is 5.73 Å². The molecule has 0 amide bonds. The summed E-state index contributed by atoms with van der Waals surface area (Å²) in [6.07, 6.45) is 9.83. The molecule has 14 heavy (non-hydrogen) atoms. The zero-order valence-electron chi connectivity index (χ0n) is 8.99. The van der Waals surface area contributed by atoms with E-state index in [1.165, 1.54) is 0 Å². The number of ether oxygens (including phenoxy) is 1. The van der Waals surface area contributed by atoms with Gasteiger partial charge < -0.3 is 10.5 Å². The van der Waals surface area contributed by atoms with Gasteiger partial charge in [-0.15, -0.1) is 0 Å². The maximum atomic E-state index is 5.31. The van der Waals surface area contributed by atoms with E-state index in [9.17, 15) is 0 Å². The molecule has 0 saturated carbocycles. The molecular weight excluding hydrogens is 174 g/mol. The van der Waals surface area contributed by atoms with Crippen molar-refractivity contribution in [3.8, 4) is 0 Å². The highest BCUT2D eigenvalue weighted by atomic mass is 16.5. The second-order valence-electron chi connectivity index (χ2n) is 2.75. The van der Waals surface area contributed by atoms with Gasteiger partial charge in [0.15, 0.2) is 0 Å². The van der Waals surface area contributed by atoms with E-state index >= 15 is 0 Å². The third kappa shape index (κ3) is 6.26. The van der Waals surface area contributed by atoms with E-state index in [-0.39, 0.29) is 0 Å². The summed E-state index contributed by atoms with van der Waals surface area (Å²) in [7, 11) is 0. The van der Waals surface area contributed by atoms with Gasteiger partial charge in [0.2, 0.25) is 0 Å². The highest BCUT2D eigenvalue weighted by Gasteiger charge is 1.90. The SMILES string of the molecule is C=C(/C=C(\C=C/C)/C=C/C)OCCN. The van der Waals surface area contributed by atoms with E-state index in [4.69, 9.17) is 10.5 Å². The molecule has 2 N–H and O–H groups in total.